The number of rotatable bonds is 12. The van der Waals surface area contributed by atoms with E-state index in [4.69, 9.17) is 9.47 Å². The largest absolute Gasteiger partial charge is 0.501 e. The first-order valence-corrected chi connectivity index (χ1v) is 10.2. The lowest BCUT2D eigenvalue weighted by Crippen LogP contribution is -2.53. The van der Waals surface area contributed by atoms with E-state index in [-0.39, 0.29) is 30.6 Å². The number of amides is 2. The number of likely N-dealkylation sites (N-methyl/N-ethyl adjacent to an activating group) is 1. The summed E-state index contributed by atoms with van der Waals surface area (Å²) in [4.78, 5) is 25.8. The van der Waals surface area contributed by atoms with Gasteiger partial charge in [-0.15, -0.1) is 0 Å². The lowest BCUT2D eigenvalue weighted by molar-refractivity contribution is -0.134. The van der Waals surface area contributed by atoms with Gasteiger partial charge in [0.15, 0.2) is 0 Å². The van der Waals surface area contributed by atoms with Gasteiger partial charge in [-0.2, -0.15) is 0 Å². The molecule has 2 amide bonds. The molecule has 0 aromatic rings. The van der Waals surface area contributed by atoms with Gasteiger partial charge < -0.3 is 30.1 Å². The van der Waals surface area contributed by atoms with E-state index in [1.54, 1.807) is 20.1 Å². The van der Waals surface area contributed by atoms with Crippen LogP contribution in [-0.2, 0) is 19.1 Å². The number of nitrogens with one attached hydrogen (secondary N) is 2. The van der Waals surface area contributed by atoms with E-state index in [9.17, 15) is 14.7 Å². The van der Waals surface area contributed by atoms with Crippen LogP contribution >= 0.6 is 0 Å². The zero-order valence-electron chi connectivity index (χ0n) is 18.9. The maximum Gasteiger partial charge on any atom is 0.225 e. The summed E-state index contributed by atoms with van der Waals surface area (Å²) in [7, 11) is 4.94. The number of ether oxygens (including phenoxy) is 2. The highest BCUT2D eigenvalue weighted by atomic mass is 16.5. The van der Waals surface area contributed by atoms with Crippen LogP contribution in [0.2, 0.25) is 0 Å². The van der Waals surface area contributed by atoms with E-state index < -0.39 is 18.1 Å². The predicted molar refractivity (Wildman–Crippen MR) is 117 cm³/mol. The van der Waals surface area contributed by atoms with Crippen LogP contribution in [0.15, 0.2) is 36.1 Å². The van der Waals surface area contributed by atoms with Crippen LogP contribution in [-0.4, -0.2) is 80.5 Å². The van der Waals surface area contributed by atoms with Gasteiger partial charge in [0, 0.05) is 19.7 Å². The van der Waals surface area contributed by atoms with E-state index in [1.807, 2.05) is 33.0 Å². The number of likely N-dealkylation sites (tertiary alicyclic amines) is 1. The minimum Gasteiger partial charge on any atom is -0.501 e. The lowest BCUT2D eigenvalue weighted by atomic mass is 9.93. The van der Waals surface area contributed by atoms with Crippen LogP contribution in [0.4, 0.5) is 0 Å². The topological polar surface area (TPSA) is 100 Å². The Kier molecular flexibility index (Phi) is 10.8. The number of methoxy groups -OCH3 is 2. The third-order valence-electron chi connectivity index (χ3n) is 5.66. The second-order valence-electron chi connectivity index (χ2n) is 7.66. The third kappa shape index (κ3) is 6.68. The molecule has 0 bridgehead atoms. The molecule has 1 rings (SSSR count). The number of aliphatic hydroxyl groups is 1. The summed E-state index contributed by atoms with van der Waals surface area (Å²) in [5.74, 6) is 0.0595. The summed E-state index contributed by atoms with van der Waals surface area (Å²) >= 11 is 0. The molecule has 6 atom stereocenters. The van der Waals surface area contributed by atoms with Gasteiger partial charge >= 0.3 is 0 Å². The van der Waals surface area contributed by atoms with Crippen LogP contribution < -0.4 is 10.6 Å². The minimum absolute atomic E-state index is 0.166. The quantitative estimate of drug-likeness (QED) is 0.246. The van der Waals surface area contributed by atoms with E-state index >= 15 is 0 Å². The number of hydrogen-bond donors (Lipinski definition) is 3. The van der Waals surface area contributed by atoms with Crippen LogP contribution in [0.25, 0.3) is 0 Å². The predicted octanol–water partition coefficient (Wildman–Crippen LogP) is 0.984. The molecule has 0 spiro atoms. The molecule has 0 aliphatic carbocycles. The molecule has 0 saturated carbocycles. The average molecular weight is 424 g/mol. The van der Waals surface area contributed by atoms with Gasteiger partial charge in [0.1, 0.15) is 0 Å². The summed E-state index contributed by atoms with van der Waals surface area (Å²) in [6.45, 7) is 9.66. The van der Waals surface area contributed by atoms with Gasteiger partial charge in [0.2, 0.25) is 12.3 Å². The highest BCUT2D eigenvalue weighted by Crippen LogP contribution is 2.25. The zero-order valence-corrected chi connectivity index (χ0v) is 18.9. The fourth-order valence-corrected chi connectivity index (χ4v) is 3.88. The molecule has 0 aromatic heterocycles. The van der Waals surface area contributed by atoms with E-state index in [0.717, 1.165) is 11.3 Å². The van der Waals surface area contributed by atoms with Crippen molar-refractivity contribution >= 4 is 12.3 Å². The lowest BCUT2D eigenvalue weighted by Gasteiger charge is -2.33. The molecule has 3 N–H and O–H groups in total. The smallest absolute Gasteiger partial charge is 0.225 e. The molecule has 1 aliphatic heterocycles. The summed E-state index contributed by atoms with van der Waals surface area (Å²) in [5.41, 5.74) is 0.906. The molecule has 1 heterocycles. The molecule has 1 fully saturated rings. The number of nitrogens with zero attached hydrogens (tertiary/aromatic N) is 1. The Labute approximate surface area is 180 Å². The minimum atomic E-state index is -0.607. The van der Waals surface area contributed by atoms with Gasteiger partial charge in [0.25, 0.3) is 0 Å². The fraction of sp³-hybridized carbons (Fsp3) is 0.636. The second-order valence-corrected chi connectivity index (χ2v) is 7.66. The molecule has 0 aromatic carbocycles. The molecular weight excluding hydrogens is 386 g/mol. The Morgan fingerprint density at radius 1 is 1.30 bits per heavy atom. The fourth-order valence-electron chi connectivity index (χ4n) is 3.88. The SMILES string of the molecule is C=C/C(=C\C=C(/C)OC)C(NC)C(C)NC(=O)C(C)C(OC)C1CC(O)CN1C=O. The van der Waals surface area contributed by atoms with Crippen LogP contribution in [0.5, 0.6) is 0 Å². The molecular formula is C22H37N3O5. The van der Waals surface area contributed by atoms with Crippen molar-refractivity contribution in [2.45, 2.75) is 57.5 Å². The summed E-state index contributed by atoms with van der Waals surface area (Å²) in [6.07, 6.45) is 5.45. The molecule has 170 valence electrons. The monoisotopic (exact) mass is 423 g/mol. The standard InChI is InChI=1S/C22H37N3O5/c1-8-17(10-9-14(2)29-6)20(23-5)16(4)24-22(28)15(3)21(30-7)19-11-18(27)12-25(19)13-26/h8-10,13,15-16,18-21,23,27H,1,11-12H2,2-7H3,(H,24,28)/b14-9+,17-10+. The number of hydrogen-bond acceptors (Lipinski definition) is 6. The maximum absolute atomic E-state index is 13.0. The Morgan fingerprint density at radius 2 is 1.97 bits per heavy atom. The van der Waals surface area contributed by atoms with Crippen LogP contribution in [0, 0.1) is 5.92 Å². The van der Waals surface area contributed by atoms with Crippen LogP contribution in [0.1, 0.15) is 27.2 Å². The van der Waals surface area contributed by atoms with Crippen molar-refractivity contribution in [1.29, 1.82) is 0 Å². The molecule has 6 unspecified atom stereocenters. The van der Waals surface area contributed by atoms with E-state index in [2.05, 4.69) is 17.2 Å². The average Bonchev–Trinajstić information content (AvgIpc) is 3.11. The zero-order chi connectivity index (χ0) is 22.8. The van der Waals surface area contributed by atoms with Crippen molar-refractivity contribution in [3.05, 3.63) is 36.1 Å². The summed E-state index contributed by atoms with van der Waals surface area (Å²) in [6, 6.07) is -0.746. The van der Waals surface area contributed by atoms with Gasteiger partial charge in [-0.1, -0.05) is 25.7 Å². The highest BCUT2D eigenvalue weighted by Gasteiger charge is 2.40. The van der Waals surface area contributed by atoms with Crippen molar-refractivity contribution in [1.82, 2.24) is 15.5 Å². The van der Waals surface area contributed by atoms with Gasteiger partial charge in [-0.3, -0.25) is 9.59 Å². The number of aliphatic hydroxyl groups excluding tert-OH is 1. The number of allylic oxidation sites excluding steroid dienone is 3. The Morgan fingerprint density at radius 3 is 2.47 bits per heavy atom. The maximum atomic E-state index is 13.0. The Hall–Kier alpha value is -2.16. The number of carbonyl (C=O) groups is 2. The first kappa shape index (κ1) is 25.9. The van der Waals surface area contributed by atoms with E-state index in [0.29, 0.717) is 12.8 Å². The first-order chi connectivity index (χ1) is 14.2. The molecule has 1 saturated heterocycles. The molecule has 0 radical (unpaired) electrons. The third-order valence-corrected chi connectivity index (χ3v) is 5.66. The normalized spacial score (nSPS) is 24.0. The van der Waals surface area contributed by atoms with Crippen molar-refractivity contribution in [3.8, 4) is 0 Å². The van der Waals surface area contributed by atoms with Gasteiger partial charge in [0.05, 0.1) is 43.1 Å². The number of carbonyl (C=O) groups excluding carboxylic acids is 2. The van der Waals surface area contributed by atoms with Crippen molar-refractivity contribution in [2.75, 3.05) is 27.8 Å². The van der Waals surface area contributed by atoms with Crippen molar-refractivity contribution in [2.24, 2.45) is 5.92 Å². The summed E-state index contributed by atoms with van der Waals surface area (Å²) in [5, 5.41) is 16.2. The second kappa shape index (κ2) is 12.5. The van der Waals surface area contributed by atoms with Crippen molar-refractivity contribution < 1.29 is 24.2 Å². The molecule has 8 heteroatoms. The number of β-amino-alcohol motifs (C(OH)–C–C–N with tert-alkyl or cyclic N) is 1. The van der Waals surface area contributed by atoms with Crippen molar-refractivity contribution in [3.63, 3.8) is 0 Å². The Bertz CT molecular complexity index is 649. The van der Waals surface area contributed by atoms with Gasteiger partial charge in [-0.25, -0.2) is 0 Å². The summed E-state index contributed by atoms with van der Waals surface area (Å²) < 4.78 is 10.7. The first-order valence-electron chi connectivity index (χ1n) is 10.2. The van der Waals surface area contributed by atoms with Crippen LogP contribution in [0.3, 0.4) is 0 Å². The molecule has 8 nitrogen and oxygen atoms in total. The Balaban J connectivity index is 2.91. The molecule has 1 aliphatic rings. The highest BCUT2D eigenvalue weighted by molar-refractivity contribution is 5.79. The van der Waals surface area contributed by atoms with Gasteiger partial charge in [-0.05, 0) is 39.0 Å². The molecule has 30 heavy (non-hydrogen) atoms. The van der Waals surface area contributed by atoms with E-state index in [1.165, 1.54) is 12.0 Å².